The Kier molecular flexibility index (Phi) is 11.5. The molecule has 0 aliphatic carbocycles. The zero-order valence-corrected chi connectivity index (χ0v) is 16.6. The number of aliphatic hydroxyl groups is 1. The van der Waals surface area contributed by atoms with Crippen molar-refractivity contribution in [2.75, 3.05) is 39.6 Å². The van der Waals surface area contributed by atoms with Gasteiger partial charge in [0, 0.05) is 31.1 Å². The molecule has 0 fully saturated rings. The third-order valence-electron chi connectivity index (χ3n) is 3.72. The van der Waals surface area contributed by atoms with Gasteiger partial charge < -0.3 is 19.9 Å². The summed E-state index contributed by atoms with van der Waals surface area (Å²) >= 11 is 0. The zero-order valence-electron chi connectivity index (χ0n) is 16.6. The topological polar surface area (TPSA) is 67.8 Å². The Hall–Kier alpha value is -0.650. The summed E-state index contributed by atoms with van der Waals surface area (Å²) in [6.45, 7) is 15.4. The van der Waals surface area contributed by atoms with E-state index in [1.165, 1.54) is 0 Å². The second-order valence-corrected chi connectivity index (χ2v) is 8.69. The lowest BCUT2D eigenvalue weighted by molar-refractivity contribution is -0.128. The van der Waals surface area contributed by atoms with E-state index in [9.17, 15) is 9.90 Å². The van der Waals surface area contributed by atoms with Crippen molar-refractivity contribution in [2.45, 2.75) is 60.8 Å². The van der Waals surface area contributed by atoms with Gasteiger partial charge in [0.25, 0.3) is 0 Å². The number of amides is 1. The smallest absolute Gasteiger partial charge is 0.225 e. The van der Waals surface area contributed by atoms with Gasteiger partial charge in [-0.1, -0.05) is 41.5 Å². The largest absolute Gasteiger partial charge is 0.396 e. The van der Waals surface area contributed by atoms with E-state index in [-0.39, 0.29) is 23.8 Å². The summed E-state index contributed by atoms with van der Waals surface area (Å²) in [6, 6.07) is 0. The van der Waals surface area contributed by atoms with E-state index in [2.05, 4.69) is 26.1 Å². The third-order valence-corrected chi connectivity index (χ3v) is 3.72. The van der Waals surface area contributed by atoms with Gasteiger partial charge in [-0.2, -0.15) is 0 Å². The fourth-order valence-corrected chi connectivity index (χ4v) is 1.98. The maximum absolute atomic E-state index is 11.7. The van der Waals surface area contributed by atoms with Crippen LogP contribution in [-0.2, 0) is 14.3 Å². The molecule has 144 valence electrons. The SMILES string of the molecule is CC(C)(C)CCC(CO)COCCOCCCNC(=O)C(C)(C)C. The van der Waals surface area contributed by atoms with Crippen LogP contribution in [0.4, 0.5) is 0 Å². The molecule has 0 bridgehead atoms. The number of rotatable bonds is 12. The van der Waals surface area contributed by atoms with Gasteiger partial charge in [0.05, 0.1) is 19.8 Å². The van der Waals surface area contributed by atoms with Gasteiger partial charge in [-0.25, -0.2) is 0 Å². The van der Waals surface area contributed by atoms with Crippen molar-refractivity contribution in [2.24, 2.45) is 16.7 Å². The molecule has 0 aromatic rings. The number of carbonyl (C=O) groups is 1. The fourth-order valence-electron chi connectivity index (χ4n) is 1.98. The van der Waals surface area contributed by atoms with Crippen LogP contribution in [0.3, 0.4) is 0 Å². The Morgan fingerprint density at radius 2 is 1.67 bits per heavy atom. The number of hydrogen-bond donors (Lipinski definition) is 2. The van der Waals surface area contributed by atoms with Crippen molar-refractivity contribution >= 4 is 5.91 Å². The lowest BCUT2D eigenvalue weighted by Gasteiger charge is -2.22. The summed E-state index contributed by atoms with van der Waals surface area (Å²) < 4.78 is 11.1. The van der Waals surface area contributed by atoms with E-state index in [0.29, 0.717) is 38.4 Å². The van der Waals surface area contributed by atoms with Crippen LogP contribution in [0.1, 0.15) is 60.8 Å². The Morgan fingerprint density at radius 1 is 1.04 bits per heavy atom. The molecular weight excluding hydrogens is 306 g/mol. The lowest BCUT2D eigenvalue weighted by atomic mass is 9.87. The van der Waals surface area contributed by atoms with Crippen LogP contribution in [0.2, 0.25) is 0 Å². The molecule has 1 atom stereocenters. The first-order valence-electron chi connectivity index (χ1n) is 9.11. The summed E-state index contributed by atoms with van der Waals surface area (Å²) in [5, 5.41) is 12.3. The molecule has 24 heavy (non-hydrogen) atoms. The number of carbonyl (C=O) groups excluding carboxylic acids is 1. The van der Waals surface area contributed by atoms with Crippen molar-refractivity contribution in [3.8, 4) is 0 Å². The standard InChI is InChI=1S/C19H39NO4/c1-18(2,3)9-8-16(14-21)15-24-13-12-23-11-7-10-20-17(22)19(4,5)6/h16,21H,7-15H2,1-6H3,(H,20,22). The zero-order chi connectivity index (χ0) is 18.6. The van der Waals surface area contributed by atoms with Gasteiger partial charge in [-0.05, 0) is 24.7 Å². The average molecular weight is 346 g/mol. The van der Waals surface area contributed by atoms with Crippen molar-refractivity contribution in [1.82, 2.24) is 5.32 Å². The lowest BCUT2D eigenvalue weighted by Crippen LogP contribution is -2.35. The summed E-state index contributed by atoms with van der Waals surface area (Å²) in [5.41, 5.74) is -0.0517. The predicted octanol–water partition coefficient (Wildman–Crippen LogP) is 3.01. The number of aliphatic hydroxyl groups excluding tert-OH is 1. The monoisotopic (exact) mass is 345 g/mol. The number of hydrogen-bond acceptors (Lipinski definition) is 4. The second kappa shape index (κ2) is 11.8. The second-order valence-electron chi connectivity index (χ2n) is 8.69. The van der Waals surface area contributed by atoms with Crippen LogP contribution in [0.25, 0.3) is 0 Å². The molecule has 5 nitrogen and oxygen atoms in total. The molecule has 0 aliphatic rings. The third kappa shape index (κ3) is 13.8. The van der Waals surface area contributed by atoms with Gasteiger partial charge in [0.2, 0.25) is 5.91 Å². The van der Waals surface area contributed by atoms with Gasteiger partial charge in [-0.3, -0.25) is 4.79 Å². The van der Waals surface area contributed by atoms with E-state index in [4.69, 9.17) is 9.47 Å². The first kappa shape index (κ1) is 23.4. The Bertz CT molecular complexity index is 331. The molecule has 0 saturated heterocycles. The van der Waals surface area contributed by atoms with Gasteiger partial charge >= 0.3 is 0 Å². The predicted molar refractivity (Wildman–Crippen MR) is 98.0 cm³/mol. The van der Waals surface area contributed by atoms with Gasteiger partial charge in [0.15, 0.2) is 0 Å². The first-order valence-corrected chi connectivity index (χ1v) is 9.11. The molecule has 0 heterocycles. The van der Waals surface area contributed by atoms with E-state index in [0.717, 1.165) is 19.3 Å². The quantitative estimate of drug-likeness (QED) is 0.534. The summed E-state index contributed by atoms with van der Waals surface area (Å²) in [7, 11) is 0. The van der Waals surface area contributed by atoms with Crippen molar-refractivity contribution < 1.29 is 19.4 Å². The van der Waals surface area contributed by atoms with E-state index >= 15 is 0 Å². The Balaban J connectivity index is 3.51. The van der Waals surface area contributed by atoms with E-state index < -0.39 is 0 Å². The molecule has 2 N–H and O–H groups in total. The highest BCUT2D eigenvalue weighted by Gasteiger charge is 2.20. The van der Waals surface area contributed by atoms with Crippen LogP contribution in [0.15, 0.2) is 0 Å². The molecule has 0 rings (SSSR count). The molecule has 0 aromatic heterocycles. The van der Waals surface area contributed by atoms with Crippen LogP contribution in [0.5, 0.6) is 0 Å². The molecule has 5 heteroatoms. The normalized spacial score (nSPS) is 13.8. The fraction of sp³-hybridized carbons (Fsp3) is 0.947. The van der Waals surface area contributed by atoms with Crippen LogP contribution < -0.4 is 5.32 Å². The Labute approximate surface area is 148 Å². The highest BCUT2D eigenvalue weighted by molar-refractivity contribution is 5.81. The number of ether oxygens (including phenoxy) is 2. The van der Waals surface area contributed by atoms with Crippen LogP contribution in [-0.4, -0.2) is 50.6 Å². The van der Waals surface area contributed by atoms with Gasteiger partial charge in [-0.15, -0.1) is 0 Å². The minimum atomic E-state index is -0.342. The number of nitrogens with one attached hydrogen (secondary N) is 1. The minimum absolute atomic E-state index is 0.0659. The highest BCUT2D eigenvalue weighted by atomic mass is 16.5. The molecule has 0 saturated carbocycles. The Morgan fingerprint density at radius 3 is 2.21 bits per heavy atom. The van der Waals surface area contributed by atoms with Crippen LogP contribution >= 0.6 is 0 Å². The molecule has 0 aliphatic heterocycles. The molecule has 0 radical (unpaired) electrons. The average Bonchev–Trinajstić information content (AvgIpc) is 2.46. The summed E-state index contributed by atoms with van der Waals surface area (Å²) in [4.78, 5) is 11.7. The molecule has 1 unspecified atom stereocenters. The summed E-state index contributed by atoms with van der Waals surface area (Å²) in [5.74, 6) is 0.271. The van der Waals surface area contributed by atoms with Crippen LogP contribution in [0, 0.1) is 16.7 Å². The van der Waals surface area contributed by atoms with Crippen molar-refractivity contribution in [3.63, 3.8) is 0 Å². The highest BCUT2D eigenvalue weighted by Crippen LogP contribution is 2.23. The summed E-state index contributed by atoms with van der Waals surface area (Å²) in [6.07, 6.45) is 2.86. The maximum Gasteiger partial charge on any atom is 0.225 e. The maximum atomic E-state index is 11.7. The molecule has 0 spiro atoms. The molecule has 1 amide bonds. The first-order chi connectivity index (χ1) is 11.1. The minimum Gasteiger partial charge on any atom is -0.396 e. The van der Waals surface area contributed by atoms with Crippen molar-refractivity contribution in [3.05, 3.63) is 0 Å². The molecule has 0 aromatic carbocycles. The van der Waals surface area contributed by atoms with Gasteiger partial charge in [0.1, 0.15) is 0 Å². The van der Waals surface area contributed by atoms with Crippen molar-refractivity contribution in [1.29, 1.82) is 0 Å². The van der Waals surface area contributed by atoms with E-state index in [1.54, 1.807) is 0 Å². The van der Waals surface area contributed by atoms with E-state index in [1.807, 2.05) is 20.8 Å². The molecular formula is C19H39NO4.